The Morgan fingerprint density at radius 2 is 1.79 bits per heavy atom. The van der Waals surface area contributed by atoms with Gasteiger partial charge in [-0.3, -0.25) is 9.78 Å². The van der Waals surface area contributed by atoms with Crippen LogP contribution in [0, 0.1) is 20.8 Å². The van der Waals surface area contributed by atoms with Crippen molar-refractivity contribution in [1.82, 2.24) is 4.98 Å². The van der Waals surface area contributed by atoms with Gasteiger partial charge in [-0.1, -0.05) is 6.07 Å². The summed E-state index contributed by atoms with van der Waals surface area (Å²) in [5.41, 5.74) is 4.22. The maximum absolute atomic E-state index is 12.6. The molecule has 1 aromatic heterocycles. The van der Waals surface area contributed by atoms with Crippen LogP contribution >= 0.6 is 0 Å². The zero-order valence-electron chi connectivity index (χ0n) is 11.7. The average Bonchev–Trinajstić information content (AvgIpc) is 2.41. The summed E-state index contributed by atoms with van der Waals surface area (Å²) in [6.07, 6.45) is 3.29. The molecule has 0 saturated carbocycles. The van der Waals surface area contributed by atoms with E-state index in [2.05, 4.69) is 4.98 Å². The molecular weight excluding hydrogens is 238 g/mol. The molecule has 98 valence electrons. The van der Waals surface area contributed by atoms with Crippen LogP contribution < -0.4 is 4.74 Å². The molecule has 0 spiro atoms. The number of carbonyl (C=O) groups is 1. The molecule has 2 aromatic rings. The predicted molar refractivity (Wildman–Crippen MR) is 74.9 cm³/mol. The van der Waals surface area contributed by atoms with Crippen molar-refractivity contribution in [2.75, 3.05) is 7.11 Å². The number of ketones is 1. The maximum Gasteiger partial charge on any atom is 0.198 e. The highest BCUT2D eigenvalue weighted by molar-refractivity contribution is 6.11. The molecule has 0 N–H and O–H groups in total. The fourth-order valence-electron chi connectivity index (χ4n) is 2.08. The lowest BCUT2D eigenvalue weighted by molar-refractivity contribution is 0.103. The second kappa shape index (κ2) is 5.22. The molecule has 0 aliphatic carbocycles. The summed E-state index contributed by atoms with van der Waals surface area (Å²) in [4.78, 5) is 16.6. The topological polar surface area (TPSA) is 39.2 Å². The first-order chi connectivity index (χ1) is 9.06. The summed E-state index contributed by atoms with van der Waals surface area (Å²) >= 11 is 0. The second-order valence-corrected chi connectivity index (χ2v) is 4.61. The molecule has 1 heterocycles. The minimum absolute atomic E-state index is 0.0504. The Morgan fingerprint density at radius 1 is 1.05 bits per heavy atom. The van der Waals surface area contributed by atoms with E-state index in [0.717, 1.165) is 16.7 Å². The van der Waals surface area contributed by atoms with Gasteiger partial charge in [0, 0.05) is 18.0 Å². The third kappa shape index (κ3) is 2.36. The summed E-state index contributed by atoms with van der Waals surface area (Å²) in [6.45, 7) is 5.87. The third-order valence-corrected chi connectivity index (χ3v) is 3.41. The third-order valence-electron chi connectivity index (χ3n) is 3.41. The first kappa shape index (κ1) is 13.3. The smallest absolute Gasteiger partial charge is 0.198 e. The summed E-state index contributed by atoms with van der Waals surface area (Å²) < 4.78 is 5.40. The van der Waals surface area contributed by atoms with E-state index < -0.39 is 0 Å². The van der Waals surface area contributed by atoms with E-state index in [1.165, 1.54) is 0 Å². The monoisotopic (exact) mass is 255 g/mol. The first-order valence-electron chi connectivity index (χ1n) is 6.15. The highest BCUT2D eigenvalue weighted by Crippen LogP contribution is 2.28. The molecule has 0 saturated heterocycles. The molecular formula is C16H17NO2. The standard InChI is InChI=1S/C16H17NO2/c1-10-5-6-13(16(19-4)12(10)3)15(18)14-9-17-8-7-11(14)2/h5-9H,1-4H3. The van der Waals surface area contributed by atoms with Gasteiger partial charge in [-0.15, -0.1) is 0 Å². The van der Waals surface area contributed by atoms with Gasteiger partial charge < -0.3 is 4.74 Å². The van der Waals surface area contributed by atoms with E-state index in [1.807, 2.05) is 39.0 Å². The van der Waals surface area contributed by atoms with E-state index in [9.17, 15) is 4.79 Å². The van der Waals surface area contributed by atoms with Crippen molar-refractivity contribution in [3.05, 3.63) is 58.4 Å². The van der Waals surface area contributed by atoms with Crippen LogP contribution in [0.5, 0.6) is 5.75 Å². The lowest BCUT2D eigenvalue weighted by Gasteiger charge is -2.13. The maximum atomic E-state index is 12.6. The number of pyridine rings is 1. The quantitative estimate of drug-likeness (QED) is 0.790. The highest BCUT2D eigenvalue weighted by atomic mass is 16.5. The van der Waals surface area contributed by atoms with E-state index in [0.29, 0.717) is 16.9 Å². The number of rotatable bonds is 3. The lowest BCUT2D eigenvalue weighted by Crippen LogP contribution is -2.08. The van der Waals surface area contributed by atoms with E-state index in [4.69, 9.17) is 4.74 Å². The Kier molecular flexibility index (Phi) is 3.65. The average molecular weight is 255 g/mol. The van der Waals surface area contributed by atoms with Crippen LogP contribution in [0.4, 0.5) is 0 Å². The fraction of sp³-hybridized carbons (Fsp3) is 0.250. The van der Waals surface area contributed by atoms with E-state index in [-0.39, 0.29) is 5.78 Å². The van der Waals surface area contributed by atoms with E-state index in [1.54, 1.807) is 19.5 Å². The molecule has 3 heteroatoms. The Hall–Kier alpha value is -2.16. The summed E-state index contributed by atoms with van der Waals surface area (Å²) in [7, 11) is 1.59. The van der Waals surface area contributed by atoms with Crippen LogP contribution in [0.25, 0.3) is 0 Å². The largest absolute Gasteiger partial charge is 0.496 e. The Bertz CT molecular complexity index is 633. The summed E-state index contributed by atoms with van der Waals surface area (Å²) in [6, 6.07) is 5.59. The predicted octanol–water partition coefficient (Wildman–Crippen LogP) is 3.25. The van der Waals surface area contributed by atoms with Gasteiger partial charge in [-0.2, -0.15) is 0 Å². The van der Waals surface area contributed by atoms with Crippen LogP contribution in [-0.4, -0.2) is 17.9 Å². The molecule has 0 radical (unpaired) electrons. The highest BCUT2D eigenvalue weighted by Gasteiger charge is 2.18. The van der Waals surface area contributed by atoms with Crippen LogP contribution in [0.3, 0.4) is 0 Å². The number of methoxy groups -OCH3 is 1. The molecule has 1 aromatic carbocycles. The molecule has 0 fully saturated rings. The molecule has 0 aliphatic rings. The van der Waals surface area contributed by atoms with Crippen LogP contribution in [0.2, 0.25) is 0 Å². The van der Waals surface area contributed by atoms with Crippen molar-refractivity contribution in [2.45, 2.75) is 20.8 Å². The number of aryl methyl sites for hydroxylation is 2. The summed E-state index contributed by atoms with van der Waals surface area (Å²) in [5, 5.41) is 0. The number of hydrogen-bond donors (Lipinski definition) is 0. The molecule has 0 amide bonds. The van der Waals surface area contributed by atoms with E-state index >= 15 is 0 Å². The van der Waals surface area contributed by atoms with Crippen molar-refractivity contribution < 1.29 is 9.53 Å². The van der Waals surface area contributed by atoms with Crippen molar-refractivity contribution in [1.29, 1.82) is 0 Å². The van der Waals surface area contributed by atoms with Crippen LogP contribution in [-0.2, 0) is 0 Å². The van der Waals surface area contributed by atoms with Gasteiger partial charge in [-0.25, -0.2) is 0 Å². The van der Waals surface area contributed by atoms with Gasteiger partial charge in [-0.05, 0) is 49.6 Å². The normalized spacial score (nSPS) is 10.3. The van der Waals surface area contributed by atoms with Gasteiger partial charge in [0.05, 0.1) is 12.7 Å². The zero-order chi connectivity index (χ0) is 14.0. The van der Waals surface area contributed by atoms with Crippen LogP contribution in [0.15, 0.2) is 30.6 Å². The van der Waals surface area contributed by atoms with Gasteiger partial charge in [0.25, 0.3) is 0 Å². The number of benzene rings is 1. The molecule has 0 aliphatic heterocycles. The zero-order valence-corrected chi connectivity index (χ0v) is 11.7. The molecule has 2 rings (SSSR count). The van der Waals surface area contributed by atoms with Gasteiger partial charge in [0.15, 0.2) is 5.78 Å². The molecule has 0 atom stereocenters. The van der Waals surface area contributed by atoms with Crippen LogP contribution in [0.1, 0.15) is 32.6 Å². The Morgan fingerprint density at radius 3 is 2.42 bits per heavy atom. The number of hydrogen-bond acceptors (Lipinski definition) is 3. The number of ether oxygens (including phenoxy) is 1. The fourth-order valence-corrected chi connectivity index (χ4v) is 2.08. The number of nitrogens with zero attached hydrogens (tertiary/aromatic N) is 1. The minimum Gasteiger partial charge on any atom is -0.496 e. The molecule has 0 bridgehead atoms. The van der Waals surface area contributed by atoms with Gasteiger partial charge in [0.1, 0.15) is 5.75 Å². The minimum atomic E-state index is -0.0504. The van der Waals surface area contributed by atoms with Crippen molar-refractivity contribution in [3.8, 4) is 5.75 Å². The summed E-state index contributed by atoms with van der Waals surface area (Å²) in [5.74, 6) is 0.596. The lowest BCUT2D eigenvalue weighted by atomic mass is 9.96. The number of aromatic nitrogens is 1. The first-order valence-corrected chi connectivity index (χ1v) is 6.15. The molecule has 19 heavy (non-hydrogen) atoms. The van der Waals surface area contributed by atoms with Crippen molar-refractivity contribution >= 4 is 5.78 Å². The molecule has 0 unspecified atom stereocenters. The second-order valence-electron chi connectivity index (χ2n) is 4.61. The van der Waals surface area contributed by atoms with Gasteiger partial charge in [0.2, 0.25) is 0 Å². The Labute approximate surface area is 113 Å². The van der Waals surface area contributed by atoms with Crippen molar-refractivity contribution in [3.63, 3.8) is 0 Å². The van der Waals surface area contributed by atoms with Gasteiger partial charge >= 0.3 is 0 Å². The SMILES string of the molecule is COc1c(C(=O)c2cnccc2C)ccc(C)c1C. The number of carbonyl (C=O) groups excluding carboxylic acids is 1. The molecule has 3 nitrogen and oxygen atoms in total. The van der Waals surface area contributed by atoms with Crippen molar-refractivity contribution in [2.24, 2.45) is 0 Å². The Balaban J connectivity index is 2.57.